The van der Waals surface area contributed by atoms with E-state index in [0.29, 0.717) is 5.92 Å². The largest absolute Gasteiger partial charge is 0.413 e. The molecule has 2 rings (SSSR count). The fraction of sp³-hybridized carbons (Fsp3) is 0.828. The molecule has 0 aromatic rings. The van der Waals surface area contributed by atoms with Gasteiger partial charge in [0.1, 0.15) is 0 Å². The van der Waals surface area contributed by atoms with E-state index in [9.17, 15) is 4.79 Å². The number of carbonyl (C=O) groups excluding carboxylic acids is 1. The average molecular weight is 507 g/mol. The van der Waals surface area contributed by atoms with Crippen molar-refractivity contribution in [3.05, 3.63) is 24.3 Å². The number of carbonyl (C=O) groups is 1. The van der Waals surface area contributed by atoms with Crippen LogP contribution in [0.5, 0.6) is 0 Å². The van der Waals surface area contributed by atoms with Crippen LogP contribution < -0.4 is 0 Å². The SMILES string of the molecule is C=C1C[C@H]2[C@H](C=C[C@H](CCCCC)O[Si](C)(C)C(C)(C)C)[C@H](O[Si](C)(C)C(C)(C)C)C[C@@H]2C1=O. The number of ketones is 1. The van der Waals surface area contributed by atoms with Crippen molar-refractivity contribution >= 4 is 22.4 Å². The highest BCUT2D eigenvalue weighted by Crippen LogP contribution is 2.51. The minimum atomic E-state index is -1.94. The van der Waals surface area contributed by atoms with E-state index in [0.717, 1.165) is 24.8 Å². The van der Waals surface area contributed by atoms with E-state index >= 15 is 0 Å². The molecule has 0 heterocycles. The molecule has 0 aliphatic heterocycles. The Hall–Kier alpha value is -0.496. The first-order valence-corrected chi connectivity index (χ1v) is 19.5. The molecular formula is C29H54O3Si2. The van der Waals surface area contributed by atoms with Gasteiger partial charge in [-0.3, -0.25) is 4.79 Å². The second-order valence-electron chi connectivity index (χ2n) is 14.0. The molecule has 0 radical (unpaired) electrons. The normalized spacial score (nSPS) is 27.6. The molecule has 0 aromatic heterocycles. The minimum Gasteiger partial charge on any atom is -0.413 e. The molecule has 5 heteroatoms. The Balaban J connectivity index is 2.31. The predicted molar refractivity (Wildman–Crippen MR) is 151 cm³/mol. The maximum atomic E-state index is 12.9. The van der Waals surface area contributed by atoms with E-state index in [4.69, 9.17) is 8.85 Å². The standard InChI is InChI=1S/C29H54O3Si2/c1-13-14-15-16-22(31-33(9,10)28(3,4)5)17-18-23-24-19-21(2)27(30)25(24)20-26(23)32-34(11,12)29(6,7)8/h17-18,22-26H,2,13-16,19-20H2,1,3-12H3/t22-,23-,24-,25-,26+/m0/s1. The fourth-order valence-electron chi connectivity index (χ4n) is 4.90. The second-order valence-corrected chi connectivity index (χ2v) is 23.5. The third-order valence-electron chi connectivity index (χ3n) is 9.24. The molecule has 2 aliphatic rings. The summed E-state index contributed by atoms with van der Waals surface area (Å²) in [6.45, 7) is 29.5. The second kappa shape index (κ2) is 10.9. The van der Waals surface area contributed by atoms with Gasteiger partial charge in [-0.25, -0.2) is 0 Å². The molecule has 5 atom stereocenters. The van der Waals surface area contributed by atoms with Gasteiger partial charge in [-0.1, -0.05) is 86.5 Å². The average Bonchev–Trinajstić information content (AvgIpc) is 3.13. The predicted octanol–water partition coefficient (Wildman–Crippen LogP) is 8.69. The Morgan fingerprint density at radius 1 is 1.03 bits per heavy atom. The van der Waals surface area contributed by atoms with Gasteiger partial charge in [0, 0.05) is 11.8 Å². The van der Waals surface area contributed by atoms with Crippen LogP contribution in [0.2, 0.25) is 36.3 Å². The molecular weight excluding hydrogens is 452 g/mol. The zero-order valence-corrected chi connectivity index (χ0v) is 26.2. The molecule has 0 saturated heterocycles. The van der Waals surface area contributed by atoms with E-state index < -0.39 is 16.6 Å². The van der Waals surface area contributed by atoms with Crippen LogP contribution >= 0.6 is 0 Å². The maximum Gasteiger partial charge on any atom is 0.192 e. The van der Waals surface area contributed by atoms with E-state index in [1.165, 1.54) is 19.3 Å². The first kappa shape index (κ1) is 29.7. The lowest BCUT2D eigenvalue weighted by Crippen LogP contribution is -2.45. The molecule has 0 amide bonds. The Labute approximate surface area is 213 Å². The summed E-state index contributed by atoms with van der Waals surface area (Å²) in [4.78, 5) is 12.9. The van der Waals surface area contributed by atoms with Crippen LogP contribution in [0.1, 0.15) is 87.0 Å². The molecule has 2 aliphatic carbocycles. The number of hydrogen-bond donors (Lipinski definition) is 0. The Bertz CT molecular complexity index is 754. The summed E-state index contributed by atoms with van der Waals surface area (Å²) in [6, 6.07) is 0. The van der Waals surface area contributed by atoms with Gasteiger partial charge in [-0.15, -0.1) is 0 Å². The zero-order valence-electron chi connectivity index (χ0n) is 24.2. The first-order valence-electron chi connectivity index (χ1n) is 13.7. The van der Waals surface area contributed by atoms with Crippen LogP contribution in [0.3, 0.4) is 0 Å². The molecule has 0 spiro atoms. The van der Waals surface area contributed by atoms with E-state index in [1.807, 2.05) is 0 Å². The summed E-state index contributed by atoms with van der Waals surface area (Å²) in [5, 5.41) is 0.340. The minimum absolute atomic E-state index is 0.0803. The number of Topliss-reactive ketones (excluding diaryl/α,β-unsaturated/α-hetero) is 1. The third kappa shape index (κ3) is 6.83. The van der Waals surface area contributed by atoms with Gasteiger partial charge in [0.15, 0.2) is 22.4 Å². The lowest BCUT2D eigenvalue weighted by atomic mass is 9.90. The van der Waals surface area contributed by atoms with Crippen molar-refractivity contribution in [3.8, 4) is 0 Å². The highest BCUT2D eigenvalue weighted by molar-refractivity contribution is 6.74. The monoisotopic (exact) mass is 506 g/mol. The van der Waals surface area contributed by atoms with Crippen molar-refractivity contribution in [2.45, 2.75) is 135 Å². The highest BCUT2D eigenvalue weighted by atomic mass is 28.4. The van der Waals surface area contributed by atoms with Crippen molar-refractivity contribution in [2.24, 2.45) is 17.8 Å². The molecule has 196 valence electrons. The van der Waals surface area contributed by atoms with Gasteiger partial charge in [0.2, 0.25) is 0 Å². The molecule has 0 bridgehead atoms. The molecule has 2 saturated carbocycles. The maximum absolute atomic E-state index is 12.9. The lowest BCUT2D eigenvalue weighted by Gasteiger charge is -2.40. The van der Waals surface area contributed by atoms with Crippen LogP contribution in [-0.2, 0) is 13.6 Å². The number of fused-ring (bicyclic) bond motifs is 1. The Kier molecular flexibility index (Phi) is 9.50. The summed E-state index contributed by atoms with van der Waals surface area (Å²) in [5.74, 6) is 0.952. The van der Waals surface area contributed by atoms with Gasteiger partial charge >= 0.3 is 0 Å². The van der Waals surface area contributed by atoms with Crippen LogP contribution in [0.15, 0.2) is 24.3 Å². The smallest absolute Gasteiger partial charge is 0.192 e. The molecule has 0 aromatic carbocycles. The Morgan fingerprint density at radius 2 is 1.62 bits per heavy atom. The topological polar surface area (TPSA) is 35.5 Å². The molecule has 0 N–H and O–H groups in total. The third-order valence-corrected chi connectivity index (χ3v) is 18.2. The van der Waals surface area contributed by atoms with Crippen molar-refractivity contribution in [2.75, 3.05) is 0 Å². The molecule has 0 unspecified atom stereocenters. The fourth-order valence-corrected chi connectivity index (χ4v) is 7.57. The van der Waals surface area contributed by atoms with Crippen LogP contribution in [-0.4, -0.2) is 34.6 Å². The summed E-state index contributed by atoms with van der Waals surface area (Å²) >= 11 is 0. The van der Waals surface area contributed by atoms with Gasteiger partial charge in [0.25, 0.3) is 0 Å². The van der Waals surface area contributed by atoms with Gasteiger partial charge in [-0.05, 0) is 67.0 Å². The van der Waals surface area contributed by atoms with Crippen molar-refractivity contribution in [1.29, 1.82) is 0 Å². The molecule has 3 nitrogen and oxygen atoms in total. The van der Waals surface area contributed by atoms with Crippen molar-refractivity contribution in [3.63, 3.8) is 0 Å². The van der Waals surface area contributed by atoms with E-state index in [2.05, 4.69) is 93.4 Å². The zero-order chi connectivity index (χ0) is 26.1. The van der Waals surface area contributed by atoms with Crippen molar-refractivity contribution < 1.29 is 13.6 Å². The summed E-state index contributed by atoms with van der Waals surface area (Å²) < 4.78 is 13.8. The van der Waals surface area contributed by atoms with Crippen molar-refractivity contribution in [1.82, 2.24) is 0 Å². The molecule has 2 fully saturated rings. The van der Waals surface area contributed by atoms with Crippen LogP contribution in [0.25, 0.3) is 0 Å². The number of hydrogen-bond acceptors (Lipinski definition) is 3. The van der Waals surface area contributed by atoms with E-state index in [1.54, 1.807) is 0 Å². The molecule has 34 heavy (non-hydrogen) atoms. The van der Waals surface area contributed by atoms with Gasteiger partial charge in [0.05, 0.1) is 12.2 Å². The van der Waals surface area contributed by atoms with Crippen LogP contribution in [0.4, 0.5) is 0 Å². The highest BCUT2D eigenvalue weighted by Gasteiger charge is 2.52. The summed E-state index contributed by atoms with van der Waals surface area (Å²) in [6.07, 6.45) is 11.4. The number of allylic oxidation sites excluding steroid dienone is 1. The number of rotatable bonds is 10. The lowest BCUT2D eigenvalue weighted by molar-refractivity contribution is -0.118. The number of unbranched alkanes of at least 4 members (excludes halogenated alkanes) is 2. The quantitative estimate of drug-likeness (QED) is 0.129. The van der Waals surface area contributed by atoms with Gasteiger partial charge < -0.3 is 8.85 Å². The Morgan fingerprint density at radius 3 is 2.15 bits per heavy atom. The van der Waals surface area contributed by atoms with Crippen LogP contribution in [0, 0.1) is 17.8 Å². The summed E-state index contributed by atoms with van der Waals surface area (Å²) in [7, 11) is -3.81. The first-order chi connectivity index (χ1) is 15.4. The van der Waals surface area contributed by atoms with Gasteiger partial charge in [-0.2, -0.15) is 0 Å². The summed E-state index contributed by atoms with van der Waals surface area (Å²) in [5.41, 5.74) is 0.816. The van der Waals surface area contributed by atoms with E-state index in [-0.39, 0.29) is 39.9 Å².